The molecule has 0 atom stereocenters. The van der Waals surface area contributed by atoms with Crippen LogP contribution >= 0.6 is 22.7 Å². The summed E-state index contributed by atoms with van der Waals surface area (Å²) in [6, 6.07) is 60.9. The second kappa shape index (κ2) is 13.4. The Morgan fingerprint density at radius 3 is 1.57 bits per heavy atom. The molecule has 0 saturated heterocycles. The van der Waals surface area contributed by atoms with Crippen molar-refractivity contribution in [1.82, 2.24) is 24.9 Å². The molecule has 262 valence electrons. The van der Waals surface area contributed by atoms with Crippen molar-refractivity contribution in [2.24, 2.45) is 0 Å². The first kappa shape index (κ1) is 32.5. The Hall–Kier alpha value is -6.93. The molecular weight excluding hydrogens is 723 g/mol. The molecule has 0 N–H and O–H groups in total. The summed E-state index contributed by atoms with van der Waals surface area (Å²) in [5, 5.41) is 3.53. The molecule has 0 aliphatic rings. The van der Waals surface area contributed by atoms with E-state index in [-0.39, 0.29) is 0 Å². The standard InChI is InChI=1S/C49H29N5S2/c1-4-14-30(15-5-1)33-20-12-21-34(28-33)48-50-42-38-22-10-11-25-40(38)55-45(42)43(51-48)39-24-13-23-37-36-27-26-35(29-41(36)56-44(37)39)49-53-46(31-16-6-2-7-17-31)52-47(54-49)32-18-8-3-9-19-32/h1-29H. The molecule has 11 aromatic rings. The van der Waals surface area contributed by atoms with E-state index in [2.05, 4.69) is 109 Å². The molecule has 7 aromatic carbocycles. The van der Waals surface area contributed by atoms with Crippen molar-refractivity contribution >= 4 is 63.1 Å². The van der Waals surface area contributed by atoms with E-state index >= 15 is 0 Å². The van der Waals surface area contributed by atoms with Gasteiger partial charge in [-0.05, 0) is 29.3 Å². The molecule has 0 aliphatic carbocycles. The summed E-state index contributed by atoms with van der Waals surface area (Å²) in [6.07, 6.45) is 0. The van der Waals surface area contributed by atoms with Crippen LogP contribution in [0.5, 0.6) is 0 Å². The van der Waals surface area contributed by atoms with Crippen molar-refractivity contribution in [3.63, 3.8) is 0 Å². The fraction of sp³-hybridized carbons (Fsp3) is 0. The van der Waals surface area contributed by atoms with Gasteiger partial charge in [-0.25, -0.2) is 24.9 Å². The van der Waals surface area contributed by atoms with Gasteiger partial charge in [-0.3, -0.25) is 0 Å². The summed E-state index contributed by atoms with van der Waals surface area (Å²) in [5.41, 5.74) is 9.15. The molecule has 4 heterocycles. The van der Waals surface area contributed by atoms with E-state index in [0.29, 0.717) is 23.3 Å². The molecular formula is C49H29N5S2. The van der Waals surface area contributed by atoms with Crippen molar-refractivity contribution in [2.45, 2.75) is 0 Å². The highest BCUT2D eigenvalue weighted by atomic mass is 32.1. The molecule has 0 unspecified atom stereocenters. The Bertz CT molecular complexity index is 3190. The van der Waals surface area contributed by atoms with Gasteiger partial charge < -0.3 is 0 Å². The van der Waals surface area contributed by atoms with Crippen LogP contribution in [0, 0.1) is 0 Å². The third-order valence-corrected chi connectivity index (χ3v) is 12.5. The summed E-state index contributed by atoms with van der Waals surface area (Å²) in [6.45, 7) is 0. The van der Waals surface area contributed by atoms with Crippen LogP contribution in [0.25, 0.3) is 108 Å². The highest BCUT2D eigenvalue weighted by Crippen LogP contribution is 2.45. The van der Waals surface area contributed by atoms with Crippen molar-refractivity contribution < 1.29 is 0 Å². The molecule has 4 aromatic heterocycles. The number of fused-ring (bicyclic) bond motifs is 6. The highest BCUT2D eigenvalue weighted by Gasteiger charge is 2.21. The van der Waals surface area contributed by atoms with Crippen LogP contribution in [0.1, 0.15) is 0 Å². The van der Waals surface area contributed by atoms with Crippen molar-refractivity contribution in [2.75, 3.05) is 0 Å². The minimum Gasteiger partial charge on any atom is -0.226 e. The number of hydrogen-bond donors (Lipinski definition) is 0. The van der Waals surface area contributed by atoms with Crippen molar-refractivity contribution in [3.05, 3.63) is 176 Å². The van der Waals surface area contributed by atoms with Crippen LogP contribution in [-0.2, 0) is 0 Å². The molecule has 56 heavy (non-hydrogen) atoms. The first-order valence-corrected chi connectivity index (χ1v) is 20.0. The average Bonchev–Trinajstić information content (AvgIpc) is 3.85. The zero-order chi connectivity index (χ0) is 37.0. The normalized spacial score (nSPS) is 11.6. The predicted octanol–water partition coefficient (Wildman–Crippen LogP) is 13.4. The Morgan fingerprint density at radius 1 is 0.304 bits per heavy atom. The smallest absolute Gasteiger partial charge is 0.164 e. The van der Waals surface area contributed by atoms with Crippen LogP contribution < -0.4 is 0 Å². The minimum atomic E-state index is 0.641. The van der Waals surface area contributed by atoms with Gasteiger partial charge in [0.15, 0.2) is 23.3 Å². The summed E-state index contributed by atoms with van der Waals surface area (Å²) < 4.78 is 4.63. The topological polar surface area (TPSA) is 64.5 Å². The fourth-order valence-corrected chi connectivity index (χ4v) is 9.83. The lowest BCUT2D eigenvalue weighted by molar-refractivity contribution is 1.07. The SMILES string of the molecule is c1ccc(-c2cccc(-c3nc(-c4cccc5c4sc4cc(-c6nc(-c7ccccc7)nc(-c7ccccc7)n6)ccc45)c4sc5ccccc5c4n3)c2)cc1. The van der Waals surface area contributed by atoms with E-state index in [1.165, 1.54) is 20.2 Å². The lowest BCUT2D eigenvalue weighted by Gasteiger charge is -2.09. The maximum Gasteiger partial charge on any atom is 0.164 e. The van der Waals surface area contributed by atoms with Crippen molar-refractivity contribution in [3.8, 4) is 67.9 Å². The third kappa shape index (κ3) is 5.64. The molecule has 0 spiro atoms. The van der Waals surface area contributed by atoms with Gasteiger partial charge in [0.1, 0.15) is 0 Å². The highest BCUT2D eigenvalue weighted by molar-refractivity contribution is 7.27. The summed E-state index contributed by atoms with van der Waals surface area (Å²) in [5.74, 6) is 2.65. The molecule has 7 heteroatoms. The van der Waals surface area contributed by atoms with Gasteiger partial charge >= 0.3 is 0 Å². The van der Waals surface area contributed by atoms with Gasteiger partial charge in [0, 0.05) is 58.1 Å². The van der Waals surface area contributed by atoms with Crippen LogP contribution in [0.3, 0.4) is 0 Å². The minimum absolute atomic E-state index is 0.641. The Labute approximate surface area is 330 Å². The second-order valence-corrected chi connectivity index (χ2v) is 15.8. The summed E-state index contributed by atoms with van der Waals surface area (Å²) in [4.78, 5) is 25.6. The first-order chi connectivity index (χ1) is 27.7. The maximum atomic E-state index is 5.41. The van der Waals surface area contributed by atoms with Gasteiger partial charge in [0.2, 0.25) is 0 Å². The molecule has 0 radical (unpaired) electrons. The molecule has 11 rings (SSSR count). The fourth-order valence-electron chi connectivity index (χ4n) is 7.43. The molecule has 0 aliphatic heterocycles. The number of benzene rings is 7. The lowest BCUT2D eigenvalue weighted by atomic mass is 10.0. The summed E-state index contributed by atoms with van der Waals surface area (Å²) >= 11 is 3.54. The van der Waals surface area contributed by atoms with E-state index in [9.17, 15) is 0 Å². The number of aromatic nitrogens is 5. The number of thiophene rings is 2. The second-order valence-electron chi connectivity index (χ2n) is 13.7. The molecule has 0 amide bonds. The molecule has 5 nitrogen and oxygen atoms in total. The van der Waals surface area contributed by atoms with Gasteiger partial charge in [0.25, 0.3) is 0 Å². The Morgan fingerprint density at radius 2 is 0.839 bits per heavy atom. The molecule has 0 bridgehead atoms. The van der Waals surface area contributed by atoms with Gasteiger partial charge in [0.05, 0.1) is 15.9 Å². The molecule has 0 saturated carbocycles. The first-order valence-electron chi connectivity index (χ1n) is 18.4. The third-order valence-electron chi connectivity index (χ3n) is 10.2. The number of nitrogens with zero attached hydrogens (tertiary/aromatic N) is 5. The van der Waals surface area contributed by atoms with Gasteiger partial charge in [-0.2, -0.15) is 0 Å². The Kier molecular flexibility index (Phi) is 7.79. The van der Waals surface area contributed by atoms with Crippen molar-refractivity contribution in [1.29, 1.82) is 0 Å². The van der Waals surface area contributed by atoms with E-state index in [0.717, 1.165) is 64.9 Å². The zero-order valence-corrected chi connectivity index (χ0v) is 31.4. The zero-order valence-electron chi connectivity index (χ0n) is 29.8. The average molecular weight is 752 g/mol. The number of rotatable bonds is 6. The van der Waals surface area contributed by atoms with E-state index in [4.69, 9.17) is 24.9 Å². The van der Waals surface area contributed by atoms with E-state index < -0.39 is 0 Å². The number of hydrogen-bond acceptors (Lipinski definition) is 7. The van der Waals surface area contributed by atoms with Crippen LogP contribution in [0.4, 0.5) is 0 Å². The summed E-state index contributed by atoms with van der Waals surface area (Å²) in [7, 11) is 0. The predicted molar refractivity (Wildman–Crippen MR) is 234 cm³/mol. The quantitative estimate of drug-likeness (QED) is 0.169. The van der Waals surface area contributed by atoms with E-state index in [1.807, 2.05) is 66.7 Å². The van der Waals surface area contributed by atoms with Crippen LogP contribution in [0.2, 0.25) is 0 Å². The van der Waals surface area contributed by atoms with Gasteiger partial charge in [-0.1, -0.05) is 158 Å². The Balaban J connectivity index is 1.09. The van der Waals surface area contributed by atoms with Crippen LogP contribution in [0.15, 0.2) is 176 Å². The van der Waals surface area contributed by atoms with Gasteiger partial charge in [-0.15, -0.1) is 22.7 Å². The van der Waals surface area contributed by atoms with Crippen LogP contribution in [-0.4, -0.2) is 24.9 Å². The monoisotopic (exact) mass is 751 g/mol. The molecule has 0 fully saturated rings. The van der Waals surface area contributed by atoms with E-state index in [1.54, 1.807) is 22.7 Å². The lowest BCUT2D eigenvalue weighted by Crippen LogP contribution is -1.99. The largest absolute Gasteiger partial charge is 0.226 e. The maximum absolute atomic E-state index is 5.41.